The Hall–Kier alpha value is -1.66. The minimum atomic E-state index is -0.0763. The fourth-order valence-corrected chi connectivity index (χ4v) is 4.13. The number of hydrogen-bond acceptors (Lipinski definition) is 4. The van der Waals surface area contributed by atoms with Crippen molar-refractivity contribution in [2.24, 2.45) is 11.3 Å². The summed E-state index contributed by atoms with van der Waals surface area (Å²) >= 11 is 4.96. The average molecular weight is 318 g/mol. The van der Waals surface area contributed by atoms with E-state index >= 15 is 0 Å². The summed E-state index contributed by atoms with van der Waals surface area (Å²) in [5.41, 5.74) is 1.97. The van der Waals surface area contributed by atoms with Crippen LogP contribution in [-0.4, -0.2) is 29.6 Å². The van der Waals surface area contributed by atoms with Crippen molar-refractivity contribution >= 4 is 29.2 Å². The van der Waals surface area contributed by atoms with E-state index in [9.17, 15) is 4.79 Å². The lowest BCUT2D eigenvalue weighted by atomic mass is 9.57. The van der Waals surface area contributed by atoms with E-state index < -0.39 is 0 Å². The van der Waals surface area contributed by atoms with Gasteiger partial charge in [0, 0.05) is 29.5 Å². The SMILES string of the molecule is CC1(C)C(NC(=O)c2ccc3[nH]c(=S)oc3c2)C2CCOC21. The molecular weight excluding hydrogens is 300 g/mol. The zero-order valence-electron chi connectivity index (χ0n) is 12.5. The molecule has 2 fully saturated rings. The molecular formula is C16H18N2O3S. The van der Waals surface area contributed by atoms with Crippen LogP contribution in [0, 0.1) is 16.2 Å². The van der Waals surface area contributed by atoms with Crippen molar-refractivity contribution in [2.45, 2.75) is 32.4 Å². The third kappa shape index (κ3) is 1.94. The van der Waals surface area contributed by atoms with E-state index in [0.717, 1.165) is 18.5 Å². The minimum absolute atomic E-state index is 0.0207. The van der Waals surface area contributed by atoms with Crippen molar-refractivity contribution in [2.75, 3.05) is 6.61 Å². The predicted molar refractivity (Wildman–Crippen MR) is 84.3 cm³/mol. The number of benzene rings is 1. The molecule has 0 bridgehead atoms. The van der Waals surface area contributed by atoms with Gasteiger partial charge in [-0.05, 0) is 36.8 Å². The molecule has 2 N–H and O–H groups in total. The molecule has 1 amide bonds. The van der Waals surface area contributed by atoms with E-state index in [0.29, 0.717) is 21.9 Å². The number of carbonyl (C=O) groups is 1. The van der Waals surface area contributed by atoms with Crippen molar-refractivity contribution in [1.29, 1.82) is 0 Å². The van der Waals surface area contributed by atoms with Gasteiger partial charge in [-0.15, -0.1) is 0 Å². The Labute approximate surface area is 133 Å². The van der Waals surface area contributed by atoms with Gasteiger partial charge in [0.25, 0.3) is 10.7 Å². The van der Waals surface area contributed by atoms with E-state index in [1.807, 2.05) is 6.07 Å². The van der Waals surface area contributed by atoms with Gasteiger partial charge in [0.05, 0.1) is 11.6 Å². The van der Waals surface area contributed by atoms with Gasteiger partial charge < -0.3 is 19.5 Å². The van der Waals surface area contributed by atoms with Gasteiger partial charge in [0.15, 0.2) is 5.58 Å². The lowest BCUT2D eigenvalue weighted by Gasteiger charge is -2.54. The Bertz CT molecular complexity index is 807. The van der Waals surface area contributed by atoms with Crippen molar-refractivity contribution in [3.8, 4) is 0 Å². The van der Waals surface area contributed by atoms with Gasteiger partial charge in [0.2, 0.25) is 0 Å². The molecule has 1 aromatic heterocycles. The number of carbonyl (C=O) groups excluding carboxylic acids is 1. The standard InChI is InChI=1S/C16H18N2O3S/c1-16(2)12(9-5-6-20-13(9)16)18-14(19)8-3-4-10-11(7-8)21-15(22)17-10/h3-4,7,9,12-13H,5-6H2,1-2H3,(H,17,22)(H,18,19). The normalized spacial score (nSPS) is 29.1. The number of hydrogen-bond donors (Lipinski definition) is 2. The molecule has 2 heterocycles. The van der Waals surface area contributed by atoms with Crippen LogP contribution in [0.15, 0.2) is 22.6 Å². The Morgan fingerprint density at radius 2 is 2.27 bits per heavy atom. The summed E-state index contributed by atoms with van der Waals surface area (Å²) in [6, 6.07) is 5.48. The van der Waals surface area contributed by atoms with Crippen molar-refractivity contribution < 1.29 is 13.9 Å². The van der Waals surface area contributed by atoms with Crippen molar-refractivity contribution in [3.05, 3.63) is 28.6 Å². The molecule has 3 atom stereocenters. The quantitative estimate of drug-likeness (QED) is 0.835. The molecule has 1 aliphatic carbocycles. The number of aromatic nitrogens is 1. The maximum atomic E-state index is 12.5. The van der Waals surface area contributed by atoms with Crippen LogP contribution in [0.2, 0.25) is 0 Å². The number of rotatable bonds is 2. The van der Waals surface area contributed by atoms with Gasteiger partial charge in [0.1, 0.15) is 0 Å². The molecule has 0 radical (unpaired) electrons. The van der Waals surface area contributed by atoms with Crippen molar-refractivity contribution in [1.82, 2.24) is 10.3 Å². The van der Waals surface area contributed by atoms with Crippen LogP contribution in [0.5, 0.6) is 0 Å². The Kier molecular flexibility index (Phi) is 2.96. The molecule has 22 heavy (non-hydrogen) atoms. The Morgan fingerprint density at radius 3 is 3.09 bits per heavy atom. The molecule has 3 unspecified atom stereocenters. The smallest absolute Gasteiger partial charge is 0.266 e. The molecule has 4 rings (SSSR count). The van der Waals surface area contributed by atoms with Crippen LogP contribution in [0.3, 0.4) is 0 Å². The predicted octanol–water partition coefficient (Wildman–Crippen LogP) is 3.03. The van der Waals surface area contributed by atoms with E-state index in [4.69, 9.17) is 21.4 Å². The highest BCUT2D eigenvalue weighted by molar-refractivity contribution is 7.71. The topological polar surface area (TPSA) is 67.3 Å². The monoisotopic (exact) mass is 318 g/mol. The first-order chi connectivity index (χ1) is 10.5. The first-order valence-electron chi connectivity index (χ1n) is 7.52. The number of fused-ring (bicyclic) bond motifs is 2. The largest absolute Gasteiger partial charge is 0.429 e. The highest BCUT2D eigenvalue weighted by Crippen LogP contribution is 2.52. The second kappa shape index (κ2) is 4.67. The van der Waals surface area contributed by atoms with E-state index in [1.165, 1.54) is 0 Å². The molecule has 1 saturated carbocycles. The van der Waals surface area contributed by atoms with E-state index in [-0.39, 0.29) is 23.5 Å². The van der Waals surface area contributed by atoms with Gasteiger partial charge in [-0.3, -0.25) is 4.79 Å². The number of aromatic amines is 1. The second-order valence-electron chi connectivity index (χ2n) is 6.74. The molecule has 2 aromatic rings. The molecule has 6 heteroatoms. The number of H-pyrrole nitrogens is 1. The first-order valence-corrected chi connectivity index (χ1v) is 7.93. The zero-order valence-corrected chi connectivity index (χ0v) is 13.3. The highest BCUT2D eigenvalue weighted by Gasteiger charge is 2.59. The summed E-state index contributed by atoms with van der Waals surface area (Å²) < 4.78 is 11.1. The number of amides is 1. The van der Waals surface area contributed by atoms with Crippen LogP contribution >= 0.6 is 12.2 Å². The van der Waals surface area contributed by atoms with Crippen LogP contribution in [-0.2, 0) is 4.74 Å². The van der Waals surface area contributed by atoms with Gasteiger partial charge in [-0.25, -0.2) is 0 Å². The molecule has 116 valence electrons. The molecule has 5 nitrogen and oxygen atoms in total. The molecule has 1 saturated heterocycles. The summed E-state index contributed by atoms with van der Waals surface area (Å²) in [6.45, 7) is 5.10. The van der Waals surface area contributed by atoms with Crippen LogP contribution in [0.1, 0.15) is 30.6 Å². The summed E-state index contributed by atoms with van der Waals surface area (Å²) in [5, 5.41) is 3.17. The Balaban J connectivity index is 1.57. The third-order valence-corrected chi connectivity index (χ3v) is 5.26. The summed E-state index contributed by atoms with van der Waals surface area (Å²) in [5.74, 6) is 0.353. The molecule has 2 aliphatic rings. The third-order valence-electron chi connectivity index (χ3n) is 5.07. The first kappa shape index (κ1) is 14.0. The number of oxazole rings is 1. The number of nitrogens with one attached hydrogen (secondary N) is 2. The average Bonchev–Trinajstić information content (AvgIpc) is 3.07. The molecule has 0 spiro atoms. The molecule has 1 aliphatic heterocycles. The van der Waals surface area contributed by atoms with E-state index in [2.05, 4.69) is 24.1 Å². The lowest BCUT2D eigenvalue weighted by Crippen LogP contribution is -2.66. The van der Waals surface area contributed by atoms with Gasteiger partial charge in [-0.1, -0.05) is 13.8 Å². The molecule has 1 aromatic carbocycles. The lowest BCUT2D eigenvalue weighted by molar-refractivity contribution is -0.108. The van der Waals surface area contributed by atoms with Crippen LogP contribution in [0.4, 0.5) is 0 Å². The second-order valence-corrected chi connectivity index (χ2v) is 7.11. The zero-order chi connectivity index (χ0) is 15.5. The van der Waals surface area contributed by atoms with Crippen LogP contribution < -0.4 is 5.32 Å². The summed E-state index contributed by atoms with van der Waals surface area (Å²) in [4.78, 5) is 15.8. The maximum Gasteiger partial charge on any atom is 0.266 e. The fourth-order valence-electron chi connectivity index (χ4n) is 3.93. The van der Waals surface area contributed by atoms with Gasteiger partial charge >= 0.3 is 0 Å². The highest BCUT2D eigenvalue weighted by atomic mass is 32.1. The summed E-state index contributed by atoms with van der Waals surface area (Å²) in [7, 11) is 0. The summed E-state index contributed by atoms with van der Waals surface area (Å²) in [6.07, 6.45) is 1.28. The maximum absolute atomic E-state index is 12.5. The Morgan fingerprint density at radius 1 is 1.45 bits per heavy atom. The minimum Gasteiger partial charge on any atom is -0.429 e. The number of ether oxygens (including phenoxy) is 1. The van der Waals surface area contributed by atoms with Crippen LogP contribution in [0.25, 0.3) is 11.1 Å². The van der Waals surface area contributed by atoms with Crippen molar-refractivity contribution in [3.63, 3.8) is 0 Å². The van der Waals surface area contributed by atoms with Gasteiger partial charge in [-0.2, -0.15) is 0 Å². The fraction of sp³-hybridized carbons (Fsp3) is 0.500. The van der Waals surface area contributed by atoms with E-state index in [1.54, 1.807) is 12.1 Å².